The number of amides is 1. The normalized spacial score (nSPS) is 14.8. The molecule has 4 nitrogen and oxygen atoms in total. The molecule has 1 N–H and O–H groups in total. The predicted octanol–water partition coefficient (Wildman–Crippen LogP) is 2.07. The van der Waals surface area contributed by atoms with E-state index in [0.29, 0.717) is 30.3 Å². The highest BCUT2D eigenvalue weighted by molar-refractivity contribution is 5.97. The molecule has 1 amide bonds. The molecule has 19 heavy (non-hydrogen) atoms. The summed E-state index contributed by atoms with van der Waals surface area (Å²) in [5, 5.41) is 8.98. The molecule has 0 aromatic heterocycles. The van der Waals surface area contributed by atoms with Crippen LogP contribution in [0.5, 0.6) is 5.75 Å². The van der Waals surface area contributed by atoms with Crippen molar-refractivity contribution in [3.63, 3.8) is 0 Å². The van der Waals surface area contributed by atoms with Gasteiger partial charge in [0.25, 0.3) is 5.91 Å². The Kier molecular flexibility index (Phi) is 4.80. The molecule has 1 aliphatic rings. The van der Waals surface area contributed by atoms with Crippen molar-refractivity contribution in [2.24, 2.45) is 0 Å². The second-order valence-electron chi connectivity index (χ2n) is 4.86. The Morgan fingerprint density at radius 2 is 2.16 bits per heavy atom. The number of nitrogens with zero attached hydrogens (tertiary/aromatic N) is 1. The number of aliphatic hydroxyl groups excluding tert-OH is 1. The fraction of sp³-hybridized carbons (Fsp3) is 0.533. The van der Waals surface area contributed by atoms with Crippen molar-refractivity contribution in [1.29, 1.82) is 0 Å². The van der Waals surface area contributed by atoms with Crippen LogP contribution in [0.25, 0.3) is 0 Å². The summed E-state index contributed by atoms with van der Waals surface area (Å²) in [7, 11) is 1.58. The minimum atomic E-state index is 0.00981. The zero-order chi connectivity index (χ0) is 13.7. The average molecular weight is 263 g/mol. The molecule has 1 fully saturated rings. The van der Waals surface area contributed by atoms with Crippen LogP contribution in [0.1, 0.15) is 36.0 Å². The molecule has 0 unspecified atom stereocenters. The fourth-order valence-corrected chi connectivity index (χ4v) is 2.37. The van der Waals surface area contributed by atoms with Gasteiger partial charge in [-0.15, -0.1) is 0 Å². The number of benzene rings is 1. The maximum Gasteiger partial charge on any atom is 0.257 e. The van der Waals surface area contributed by atoms with Gasteiger partial charge in [0, 0.05) is 19.2 Å². The van der Waals surface area contributed by atoms with E-state index in [4.69, 9.17) is 9.84 Å². The molecule has 0 heterocycles. The molecule has 1 aromatic carbocycles. The molecular weight excluding hydrogens is 242 g/mol. The molecule has 1 saturated carbocycles. The van der Waals surface area contributed by atoms with Gasteiger partial charge in [-0.1, -0.05) is 12.1 Å². The summed E-state index contributed by atoms with van der Waals surface area (Å²) in [6, 6.07) is 7.63. The summed E-state index contributed by atoms with van der Waals surface area (Å²) in [6.07, 6.45) is 3.93. The number of rotatable bonds is 6. The Bertz CT molecular complexity index is 429. The first-order chi connectivity index (χ1) is 9.27. The van der Waals surface area contributed by atoms with E-state index in [1.807, 2.05) is 17.0 Å². The van der Waals surface area contributed by atoms with E-state index in [0.717, 1.165) is 12.8 Å². The van der Waals surface area contributed by atoms with E-state index < -0.39 is 0 Å². The highest BCUT2D eigenvalue weighted by atomic mass is 16.5. The average Bonchev–Trinajstić information content (AvgIpc) is 2.40. The number of para-hydroxylation sites is 1. The number of carbonyl (C=O) groups excluding carboxylic acids is 1. The Labute approximate surface area is 114 Å². The molecule has 4 heteroatoms. The topological polar surface area (TPSA) is 49.8 Å². The quantitative estimate of drug-likeness (QED) is 0.854. The van der Waals surface area contributed by atoms with Gasteiger partial charge in [0.05, 0.1) is 12.7 Å². The predicted molar refractivity (Wildman–Crippen MR) is 73.4 cm³/mol. The van der Waals surface area contributed by atoms with Crippen LogP contribution < -0.4 is 4.74 Å². The molecule has 2 rings (SSSR count). The Balaban J connectivity index is 2.17. The van der Waals surface area contributed by atoms with Gasteiger partial charge in [-0.3, -0.25) is 4.79 Å². The van der Waals surface area contributed by atoms with Crippen LogP contribution in [0.2, 0.25) is 0 Å². The van der Waals surface area contributed by atoms with E-state index >= 15 is 0 Å². The Morgan fingerprint density at radius 1 is 1.42 bits per heavy atom. The molecule has 0 aliphatic heterocycles. The van der Waals surface area contributed by atoms with E-state index in [9.17, 15) is 4.79 Å². The molecule has 0 spiro atoms. The van der Waals surface area contributed by atoms with E-state index in [-0.39, 0.29) is 12.5 Å². The zero-order valence-corrected chi connectivity index (χ0v) is 11.3. The Hall–Kier alpha value is -1.55. The fourth-order valence-electron chi connectivity index (χ4n) is 2.37. The van der Waals surface area contributed by atoms with Crippen LogP contribution in [0, 0.1) is 0 Å². The number of carbonyl (C=O) groups is 1. The van der Waals surface area contributed by atoms with Gasteiger partial charge >= 0.3 is 0 Å². The highest BCUT2D eigenvalue weighted by Crippen LogP contribution is 2.28. The number of hydrogen-bond acceptors (Lipinski definition) is 3. The smallest absolute Gasteiger partial charge is 0.257 e. The van der Waals surface area contributed by atoms with E-state index in [2.05, 4.69) is 0 Å². The molecule has 1 aromatic rings. The summed E-state index contributed by atoms with van der Waals surface area (Å²) < 4.78 is 5.26. The second kappa shape index (κ2) is 6.57. The third-order valence-corrected chi connectivity index (χ3v) is 3.67. The van der Waals surface area contributed by atoms with Crippen molar-refractivity contribution >= 4 is 5.91 Å². The standard InChI is InChI=1S/C15H21NO3/c1-19-14-9-3-2-8-13(14)15(18)16(10-5-11-17)12-6-4-7-12/h2-3,8-9,12,17H,4-7,10-11H2,1H3. The van der Waals surface area contributed by atoms with E-state index in [1.54, 1.807) is 19.2 Å². The largest absolute Gasteiger partial charge is 0.496 e. The first kappa shape index (κ1) is 13.9. The summed E-state index contributed by atoms with van der Waals surface area (Å²) >= 11 is 0. The molecule has 104 valence electrons. The summed E-state index contributed by atoms with van der Waals surface area (Å²) in [5.41, 5.74) is 0.606. The molecular formula is C15H21NO3. The van der Waals surface area contributed by atoms with Crippen LogP contribution >= 0.6 is 0 Å². The van der Waals surface area contributed by atoms with Gasteiger partial charge < -0.3 is 14.7 Å². The monoisotopic (exact) mass is 263 g/mol. The molecule has 1 aliphatic carbocycles. The maximum absolute atomic E-state index is 12.6. The third kappa shape index (κ3) is 3.07. The number of methoxy groups -OCH3 is 1. The summed E-state index contributed by atoms with van der Waals surface area (Å²) in [4.78, 5) is 14.5. The first-order valence-electron chi connectivity index (χ1n) is 6.82. The number of aliphatic hydroxyl groups is 1. The van der Waals surface area contributed by atoms with Gasteiger partial charge in [0.2, 0.25) is 0 Å². The van der Waals surface area contributed by atoms with Crippen LogP contribution in [-0.4, -0.2) is 42.2 Å². The van der Waals surface area contributed by atoms with E-state index in [1.165, 1.54) is 6.42 Å². The van der Waals surface area contributed by atoms with Crippen molar-refractivity contribution in [2.45, 2.75) is 31.7 Å². The minimum Gasteiger partial charge on any atom is -0.496 e. The molecule has 0 radical (unpaired) electrons. The van der Waals surface area contributed by atoms with Crippen molar-refractivity contribution < 1.29 is 14.6 Å². The number of ether oxygens (including phenoxy) is 1. The lowest BCUT2D eigenvalue weighted by Crippen LogP contribution is -2.45. The van der Waals surface area contributed by atoms with Crippen LogP contribution in [0.15, 0.2) is 24.3 Å². The van der Waals surface area contributed by atoms with Gasteiger partial charge in [-0.05, 0) is 37.8 Å². The molecule has 0 saturated heterocycles. The lowest BCUT2D eigenvalue weighted by Gasteiger charge is -2.37. The third-order valence-electron chi connectivity index (χ3n) is 3.67. The van der Waals surface area contributed by atoms with Crippen molar-refractivity contribution in [2.75, 3.05) is 20.3 Å². The van der Waals surface area contributed by atoms with Crippen LogP contribution in [0.4, 0.5) is 0 Å². The number of hydrogen-bond donors (Lipinski definition) is 1. The summed E-state index contributed by atoms with van der Waals surface area (Å²) in [5.74, 6) is 0.622. The lowest BCUT2D eigenvalue weighted by atomic mass is 9.90. The van der Waals surface area contributed by atoms with Gasteiger partial charge in [0.15, 0.2) is 0 Å². The van der Waals surface area contributed by atoms with Crippen molar-refractivity contribution in [3.8, 4) is 5.75 Å². The maximum atomic E-state index is 12.6. The minimum absolute atomic E-state index is 0.00981. The zero-order valence-electron chi connectivity index (χ0n) is 11.3. The van der Waals surface area contributed by atoms with Gasteiger partial charge in [0.1, 0.15) is 5.75 Å². The van der Waals surface area contributed by atoms with Gasteiger partial charge in [-0.2, -0.15) is 0 Å². The van der Waals surface area contributed by atoms with Crippen molar-refractivity contribution in [1.82, 2.24) is 4.90 Å². The van der Waals surface area contributed by atoms with Gasteiger partial charge in [-0.25, -0.2) is 0 Å². The first-order valence-corrected chi connectivity index (χ1v) is 6.82. The van der Waals surface area contributed by atoms with Crippen molar-refractivity contribution in [3.05, 3.63) is 29.8 Å². The molecule has 0 bridgehead atoms. The van der Waals surface area contributed by atoms with Crippen LogP contribution in [0.3, 0.4) is 0 Å². The van der Waals surface area contributed by atoms with Crippen LogP contribution in [-0.2, 0) is 0 Å². The molecule has 0 atom stereocenters. The lowest BCUT2D eigenvalue weighted by molar-refractivity contribution is 0.0559. The SMILES string of the molecule is COc1ccccc1C(=O)N(CCCO)C1CCC1. The summed E-state index contributed by atoms with van der Waals surface area (Å²) in [6.45, 7) is 0.723. The second-order valence-corrected chi connectivity index (χ2v) is 4.86. The highest BCUT2D eigenvalue weighted by Gasteiger charge is 2.30. The Morgan fingerprint density at radius 3 is 2.74 bits per heavy atom.